The molecule has 2 aromatic rings. The van der Waals surface area contributed by atoms with Gasteiger partial charge in [0, 0.05) is 17.5 Å². The van der Waals surface area contributed by atoms with Crippen LogP contribution in [0.4, 0.5) is 5.13 Å². The van der Waals surface area contributed by atoms with Gasteiger partial charge in [-0.25, -0.2) is 4.98 Å². The molecule has 3 rings (SSSR count). The third-order valence-corrected chi connectivity index (χ3v) is 4.81. The third kappa shape index (κ3) is 2.99. The first-order chi connectivity index (χ1) is 11.0. The number of amides is 2. The predicted octanol–water partition coefficient (Wildman–Crippen LogP) is 3.07. The van der Waals surface area contributed by atoms with E-state index in [4.69, 9.17) is 0 Å². The quantitative estimate of drug-likeness (QED) is 0.937. The van der Waals surface area contributed by atoms with Gasteiger partial charge in [0.2, 0.25) is 5.91 Å². The van der Waals surface area contributed by atoms with Crippen LogP contribution < -0.4 is 5.32 Å². The summed E-state index contributed by atoms with van der Waals surface area (Å²) >= 11 is 1.39. The van der Waals surface area contributed by atoms with Gasteiger partial charge >= 0.3 is 0 Å². The van der Waals surface area contributed by atoms with Gasteiger partial charge in [0.25, 0.3) is 5.91 Å². The summed E-state index contributed by atoms with van der Waals surface area (Å²) in [5, 5.41) is 5.30. The van der Waals surface area contributed by atoms with Gasteiger partial charge in [0.1, 0.15) is 6.04 Å². The molecule has 1 N–H and O–H groups in total. The maximum atomic E-state index is 12.7. The lowest BCUT2D eigenvalue weighted by Gasteiger charge is -2.29. The number of hydrogen-bond acceptors (Lipinski definition) is 4. The average Bonchev–Trinajstić information content (AvgIpc) is 3.04. The number of nitrogens with one attached hydrogen (secondary N) is 1. The van der Waals surface area contributed by atoms with Crippen molar-refractivity contribution in [1.29, 1.82) is 0 Å². The highest BCUT2D eigenvalue weighted by Crippen LogP contribution is 2.28. The van der Waals surface area contributed by atoms with E-state index in [9.17, 15) is 9.59 Å². The fourth-order valence-electron chi connectivity index (χ4n) is 2.90. The number of rotatable bonds is 4. The van der Waals surface area contributed by atoms with Crippen molar-refractivity contribution in [2.45, 2.75) is 33.4 Å². The molecule has 0 aliphatic carbocycles. The summed E-state index contributed by atoms with van der Waals surface area (Å²) in [6.07, 6.45) is 0. The Hall–Kier alpha value is -2.21. The lowest BCUT2D eigenvalue weighted by Crippen LogP contribution is -2.47. The maximum Gasteiger partial charge on any atom is 0.255 e. The van der Waals surface area contributed by atoms with Crippen LogP contribution in [0.3, 0.4) is 0 Å². The van der Waals surface area contributed by atoms with E-state index in [2.05, 4.69) is 10.3 Å². The van der Waals surface area contributed by atoms with Crippen molar-refractivity contribution in [3.05, 3.63) is 46.5 Å². The van der Waals surface area contributed by atoms with Gasteiger partial charge in [0.15, 0.2) is 5.13 Å². The number of fused-ring (bicyclic) bond motifs is 1. The minimum absolute atomic E-state index is 0.00863. The summed E-state index contributed by atoms with van der Waals surface area (Å²) in [7, 11) is 0. The molecule has 0 saturated carbocycles. The van der Waals surface area contributed by atoms with Gasteiger partial charge in [-0.2, -0.15) is 0 Å². The molecule has 23 heavy (non-hydrogen) atoms. The normalized spacial score (nSPS) is 15.0. The lowest BCUT2D eigenvalue weighted by atomic mass is 10.0. The summed E-state index contributed by atoms with van der Waals surface area (Å²) in [5.74, 6) is -0.255. The van der Waals surface area contributed by atoms with Crippen LogP contribution in [-0.4, -0.2) is 27.7 Å². The summed E-state index contributed by atoms with van der Waals surface area (Å²) in [5.41, 5.74) is 2.54. The Morgan fingerprint density at radius 2 is 2.09 bits per heavy atom. The molecule has 0 saturated heterocycles. The molecule has 120 valence electrons. The predicted molar refractivity (Wildman–Crippen MR) is 90.4 cm³/mol. The molecule has 1 aromatic carbocycles. The number of aryl methyl sites for hydroxylation is 1. The monoisotopic (exact) mass is 329 g/mol. The first-order valence-electron chi connectivity index (χ1n) is 7.59. The number of benzene rings is 1. The van der Waals surface area contributed by atoms with Crippen LogP contribution in [0.5, 0.6) is 0 Å². The van der Waals surface area contributed by atoms with E-state index < -0.39 is 6.04 Å². The lowest BCUT2D eigenvalue weighted by molar-refractivity contribution is -0.122. The van der Waals surface area contributed by atoms with E-state index in [0.29, 0.717) is 17.2 Å². The van der Waals surface area contributed by atoms with Gasteiger partial charge in [-0.15, -0.1) is 11.3 Å². The van der Waals surface area contributed by atoms with Crippen LogP contribution in [0.2, 0.25) is 0 Å². The molecule has 5 nitrogen and oxygen atoms in total. The van der Waals surface area contributed by atoms with E-state index in [1.807, 2.05) is 50.4 Å². The van der Waals surface area contributed by atoms with Crippen molar-refractivity contribution in [2.24, 2.45) is 5.92 Å². The van der Waals surface area contributed by atoms with Crippen LogP contribution in [0.1, 0.15) is 35.5 Å². The second kappa shape index (κ2) is 6.12. The van der Waals surface area contributed by atoms with E-state index in [1.54, 1.807) is 4.90 Å². The minimum Gasteiger partial charge on any atom is -0.322 e. The van der Waals surface area contributed by atoms with E-state index in [1.165, 1.54) is 11.3 Å². The number of carbonyl (C=O) groups excluding carboxylic acids is 2. The Morgan fingerprint density at radius 1 is 1.35 bits per heavy atom. The highest BCUT2D eigenvalue weighted by Gasteiger charge is 2.38. The van der Waals surface area contributed by atoms with Gasteiger partial charge in [-0.05, 0) is 24.5 Å². The van der Waals surface area contributed by atoms with Crippen molar-refractivity contribution in [3.8, 4) is 0 Å². The molecular formula is C17H19N3O2S. The molecule has 2 amide bonds. The van der Waals surface area contributed by atoms with Crippen LogP contribution in [0.15, 0.2) is 29.6 Å². The van der Waals surface area contributed by atoms with Crippen molar-refractivity contribution < 1.29 is 9.59 Å². The molecule has 2 heterocycles. The maximum absolute atomic E-state index is 12.7. The van der Waals surface area contributed by atoms with E-state index >= 15 is 0 Å². The molecule has 1 aromatic heterocycles. The van der Waals surface area contributed by atoms with Gasteiger partial charge in [0.05, 0.1) is 5.69 Å². The molecule has 0 bridgehead atoms. The van der Waals surface area contributed by atoms with Crippen molar-refractivity contribution in [2.75, 3.05) is 5.32 Å². The number of anilines is 1. The van der Waals surface area contributed by atoms with Crippen molar-refractivity contribution in [1.82, 2.24) is 9.88 Å². The SMILES string of the molecule is Cc1csc(NC(=O)[C@@H](C(C)C)N2Cc3ccccc3C2=O)n1. The Morgan fingerprint density at radius 3 is 2.70 bits per heavy atom. The molecule has 0 fully saturated rings. The Balaban J connectivity index is 1.83. The fourth-order valence-corrected chi connectivity index (χ4v) is 3.59. The molecule has 0 spiro atoms. The number of nitrogens with zero attached hydrogens (tertiary/aromatic N) is 2. The van der Waals surface area contributed by atoms with Crippen molar-refractivity contribution >= 4 is 28.3 Å². The molecule has 0 radical (unpaired) electrons. The Kier molecular flexibility index (Phi) is 4.17. The minimum atomic E-state index is -0.515. The zero-order valence-corrected chi connectivity index (χ0v) is 14.2. The van der Waals surface area contributed by atoms with Crippen molar-refractivity contribution in [3.63, 3.8) is 0 Å². The topological polar surface area (TPSA) is 62.3 Å². The van der Waals surface area contributed by atoms with Crippen LogP contribution in [0, 0.1) is 12.8 Å². The Bertz CT molecular complexity index is 754. The molecule has 0 unspecified atom stereocenters. The van der Waals surface area contributed by atoms with Crippen LogP contribution in [-0.2, 0) is 11.3 Å². The zero-order chi connectivity index (χ0) is 16.6. The second-order valence-corrected chi connectivity index (χ2v) is 6.92. The molecule has 6 heteroatoms. The third-order valence-electron chi connectivity index (χ3n) is 3.93. The van der Waals surface area contributed by atoms with E-state index in [0.717, 1.165) is 11.3 Å². The molecule has 1 aliphatic heterocycles. The summed E-state index contributed by atoms with van der Waals surface area (Å²) < 4.78 is 0. The molecule has 1 atom stereocenters. The van der Waals surface area contributed by atoms with Gasteiger partial charge < -0.3 is 10.2 Å². The first kappa shape index (κ1) is 15.7. The standard InChI is InChI=1S/C17H19N3O2S/c1-10(2)14(15(21)19-17-18-11(3)9-23-17)20-8-12-6-4-5-7-13(12)16(20)22/h4-7,9-10,14H,8H2,1-3H3,(H,18,19,21)/t14-/m1/s1. The Labute approximate surface area is 139 Å². The van der Waals surface area contributed by atoms with Crippen LogP contribution >= 0.6 is 11.3 Å². The molecular weight excluding hydrogens is 310 g/mol. The van der Waals surface area contributed by atoms with E-state index in [-0.39, 0.29) is 17.7 Å². The van der Waals surface area contributed by atoms with Gasteiger partial charge in [-0.1, -0.05) is 32.0 Å². The zero-order valence-electron chi connectivity index (χ0n) is 13.4. The molecule has 1 aliphatic rings. The first-order valence-corrected chi connectivity index (χ1v) is 8.47. The second-order valence-electron chi connectivity index (χ2n) is 6.06. The summed E-state index contributed by atoms with van der Waals surface area (Å²) in [6, 6.07) is 7.00. The summed E-state index contributed by atoms with van der Waals surface area (Å²) in [6.45, 7) is 6.26. The van der Waals surface area contributed by atoms with Crippen LogP contribution in [0.25, 0.3) is 0 Å². The average molecular weight is 329 g/mol. The number of carbonyl (C=O) groups is 2. The number of hydrogen-bond donors (Lipinski definition) is 1. The highest BCUT2D eigenvalue weighted by molar-refractivity contribution is 7.13. The smallest absolute Gasteiger partial charge is 0.255 e. The number of aromatic nitrogens is 1. The van der Waals surface area contributed by atoms with Gasteiger partial charge in [-0.3, -0.25) is 9.59 Å². The fraction of sp³-hybridized carbons (Fsp3) is 0.353. The number of thiazole rings is 1. The largest absolute Gasteiger partial charge is 0.322 e. The highest BCUT2D eigenvalue weighted by atomic mass is 32.1. The summed E-state index contributed by atoms with van der Waals surface area (Å²) in [4.78, 5) is 31.3.